The van der Waals surface area contributed by atoms with Crippen molar-refractivity contribution in [2.75, 3.05) is 0 Å². The van der Waals surface area contributed by atoms with E-state index in [0.29, 0.717) is 5.56 Å². The average molecular weight is 211 g/mol. The van der Waals surface area contributed by atoms with E-state index in [1.807, 2.05) is 0 Å². The summed E-state index contributed by atoms with van der Waals surface area (Å²) in [5, 5.41) is -0.125. The van der Waals surface area contributed by atoms with E-state index in [9.17, 15) is 4.39 Å². The zero-order chi connectivity index (χ0) is 8.43. The Morgan fingerprint density at radius 3 is 2.67 bits per heavy atom. The van der Waals surface area contributed by atoms with Crippen LogP contribution < -0.4 is 5.73 Å². The van der Waals surface area contributed by atoms with Gasteiger partial charge in [0.25, 0.3) is 0 Å². The first-order valence-corrected chi connectivity index (χ1v) is 3.56. The van der Waals surface area contributed by atoms with Crippen LogP contribution >= 0.6 is 24.0 Å². The molecule has 0 amide bonds. The number of nitrogens with zero attached hydrogens (tertiary/aromatic N) is 1. The van der Waals surface area contributed by atoms with Gasteiger partial charge in [0.15, 0.2) is 11.0 Å². The van der Waals surface area contributed by atoms with E-state index >= 15 is 0 Å². The summed E-state index contributed by atoms with van der Waals surface area (Å²) < 4.78 is 13.0. The van der Waals surface area contributed by atoms with E-state index in [1.54, 1.807) is 6.92 Å². The molecular weight excluding hydrogens is 202 g/mol. The third kappa shape index (κ3) is 2.30. The van der Waals surface area contributed by atoms with Crippen LogP contribution in [0.1, 0.15) is 18.5 Å². The Bertz CT molecular complexity index is 266. The smallest absolute Gasteiger partial charge is 0.165 e. The second-order valence-electron chi connectivity index (χ2n) is 2.29. The topological polar surface area (TPSA) is 38.9 Å². The molecule has 0 aliphatic rings. The third-order valence-electron chi connectivity index (χ3n) is 1.37. The molecule has 0 saturated heterocycles. The minimum atomic E-state index is -0.524. The molecule has 0 saturated carbocycles. The molecule has 2 nitrogen and oxygen atoms in total. The van der Waals surface area contributed by atoms with Gasteiger partial charge in [0.05, 0.1) is 0 Å². The Hall–Kier alpha value is -0.380. The monoisotopic (exact) mass is 210 g/mol. The molecule has 0 aromatic carbocycles. The van der Waals surface area contributed by atoms with Crippen molar-refractivity contribution >= 4 is 24.0 Å². The summed E-state index contributed by atoms with van der Waals surface area (Å²) in [6.07, 6.45) is 1.43. The Balaban J connectivity index is 0.00000121. The van der Waals surface area contributed by atoms with Gasteiger partial charge in [-0.15, -0.1) is 12.4 Å². The first-order valence-electron chi connectivity index (χ1n) is 3.18. The minimum Gasteiger partial charge on any atom is -0.324 e. The van der Waals surface area contributed by atoms with E-state index < -0.39 is 5.82 Å². The Morgan fingerprint density at radius 2 is 2.25 bits per heavy atom. The van der Waals surface area contributed by atoms with Crippen molar-refractivity contribution in [1.82, 2.24) is 4.98 Å². The number of hydrogen-bond donors (Lipinski definition) is 1. The van der Waals surface area contributed by atoms with E-state index in [1.165, 1.54) is 12.3 Å². The van der Waals surface area contributed by atoms with Gasteiger partial charge in [0.1, 0.15) is 0 Å². The molecule has 0 radical (unpaired) electrons. The summed E-state index contributed by atoms with van der Waals surface area (Å²) in [6.45, 7) is 1.69. The molecule has 0 bridgehead atoms. The highest BCUT2D eigenvalue weighted by Gasteiger charge is 2.09. The molecule has 1 rings (SSSR count). The van der Waals surface area contributed by atoms with Crippen LogP contribution in [0.3, 0.4) is 0 Å². The Morgan fingerprint density at radius 1 is 1.67 bits per heavy atom. The molecule has 12 heavy (non-hydrogen) atoms. The second kappa shape index (κ2) is 4.60. The first-order chi connectivity index (χ1) is 5.13. The van der Waals surface area contributed by atoms with Crippen LogP contribution in [-0.2, 0) is 0 Å². The van der Waals surface area contributed by atoms with Crippen LogP contribution in [0, 0.1) is 5.82 Å². The minimum absolute atomic E-state index is 0. The molecule has 1 atom stereocenters. The lowest BCUT2D eigenvalue weighted by molar-refractivity contribution is 0.588. The zero-order valence-electron chi connectivity index (χ0n) is 6.42. The van der Waals surface area contributed by atoms with Crippen molar-refractivity contribution in [3.05, 3.63) is 28.8 Å². The lowest BCUT2D eigenvalue weighted by Gasteiger charge is -2.06. The molecular formula is C7H9Cl2FN2. The van der Waals surface area contributed by atoms with Crippen molar-refractivity contribution in [2.24, 2.45) is 5.73 Å². The fourth-order valence-corrected chi connectivity index (χ4v) is 0.949. The van der Waals surface area contributed by atoms with Crippen LogP contribution in [0.2, 0.25) is 5.15 Å². The van der Waals surface area contributed by atoms with Gasteiger partial charge in [-0.1, -0.05) is 11.6 Å². The molecule has 1 aromatic rings. The van der Waals surface area contributed by atoms with Gasteiger partial charge < -0.3 is 5.73 Å². The largest absolute Gasteiger partial charge is 0.324 e. The highest BCUT2D eigenvalue weighted by Crippen LogP contribution is 2.18. The van der Waals surface area contributed by atoms with Crippen molar-refractivity contribution in [2.45, 2.75) is 13.0 Å². The van der Waals surface area contributed by atoms with Gasteiger partial charge in [-0.05, 0) is 13.0 Å². The fraction of sp³-hybridized carbons (Fsp3) is 0.286. The first kappa shape index (κ1) is 11.6. The highest BCUT2D eigenvalue weighted by molar-refractivity contribution is 6.29. The van der Waals surface area contributed by atoms with E-state index in [2.05, 4.69) is 4.98 Å². The summed E-state index contributed by atoms with van der Waals surface area (Å²) in [4.78, 5) is 3.56. The number of aromatic nitrogens is 1. The summed E-state index contributed by atoms with van der Waals surface area (Å²) >= 11 is 5.42. The summed E-state index contributed by atoms with van der Waals surface area (Å²) in [5.74, 6) is -0.524. The number of hydrogen-bond acceptors (Lipinski definition) is 2. The van der Waals surface area contributed by atoms with Gasteiger partial charge >= 0.3 is 0 Å². The second-order valence-corrected chi connectivity index (χ2v) is 2.65. The fourth-order valence-electron chi connectivity index (χ4n) is 0.784. The van der Waals surface area contributed by atoms with E-state index in [-0.39, 0.29) is 23.6 Å². The lowest BCUT2D eigenvalue weighted by Crippen LogP contribution is -2.07. The van der Waals surface area contributed by atoms with Gasteiger partial charge in [0, 0.05) is 17.8 Å². The summed E-state index contributed by atoms with van der Waals surface area (Å²) in [6, 6.07) is 1.17. The van der Waals surface area contributed by atoms with Crippen LogP contribution in [0.4, 0.5) is 4.39 Å². The number of nitrogens with two attached hydrogens (primary N) is 1. The van der Waals surface area contributed by atoms with Gasteiger partial charge in [0.2, 0.25) is 0 Å². The molecule has 0 fully saturated rings. The summed E-state index contributed by atoms with van der Waals surface area (Å²) in [7, 11) is 0. The molecule has 0 aliphatic carbocycles. The SMILES string of the molecule is CC(N)c1ccnc(Cl)c1F.Cl. The maximum absolute atomic E-state index is 13.0. The van der Waals surface area contributed by atoms with Crippen molar-refractivity contribution < 1.29 is 4.39 Å². The van der Waals surface area contributed by atoms with Crippen molar-refractivity contribution in [3.8, 4) is 0 Å². The van der Waals surface area contributed by atoms with Crippen LogP contribution in [0.15, 0.2) is 12.3 Å². The number of rotatable bonds is 1. The molecule has 0 aliphatic heterocycles. The van der Waals surface area contributed by atoms with E-state index in [4.69, 9.17) is 17.3 Å². The number of pyridine rings is 1. The van der Waals surface area contributed by atoms with E-state index in [0.717, 1.165) is 0 Å². The quantitative estimate of drug-likeness (QED) is 0.724. The Kier molecular flexibility index (Phi) is 4.45. The lowest BCUT2D eigenvalue weighted by atomic mass is 10.1. The maximum Gasteiger partial charge on any atom is 0.165 e. The van der Waals surface area contributed by atoms with Gasteiger partial charge in [-0.25, -0.2) is 9.37 Å². The molecule has 1 heterocycles. The molecule has 5 heteroatoms. The normalized spacial score (nSPS) is 12.0. The predicted molar refractivity (Wildman–Crippen MR) is 49.1 cm³/mol. The molecule has 2 N–H and O–H groups in total. The predicted octanol–water partition coefficient (Wildman–Crippen LogP) is 2.32. The Labute approximate surface area is 81.3 Å². The summed E-state index contributed by atoms with van der Waals surface area (Å²) in [5.41, 5.74) is 5.85. The molecule has 68 valence electrons. The molecule has 1 aromatic heterocycles. The van der Waals surface area contributed by atoms with Crippen molar-refractivity contribution in [3.63, 3.8) is 0 Å². The maximum atomic E-state index is 13.0. The average Bonchev–Trinajstić information content (AvgIpc) is 1.94. The third-order valence-corrected chi connectivity index (χ3v) is 1.63. The molecule has 1 unspecified atom stereocenters. The van der Waals surface area contributed by atoms with Gasteiger partial charge in [-0.2, -0.15) is 0 Å². The van der Waals surface area contributed by atoms with Gasteiger partial charge in [-0.3, -0.25) is 0 Å². The molecule has 0 spiro atoms. The van der Waals surface area contributed by atoms with Crippen molar-refractivity contribution in [1.29, 1.82) is 0 Å². The van der Waals surface area contributed by atoms with Crippen LogP contribution in [0.25, 0.3) is 0 Å². The highest BCUT2D eigenvalue weighted by atomic mass is 35.5. The number of halogens is 3. The standard InChI is InChI=1S/C7H8ClFN2.ClH/c1-4(10)5-2-3-11-7(8)6(5)9;/h2-4H,10H2,1H3;1H. The zero-order valence-corrected chi connectivity index (χ0v) is 7.99. The van der Waals surface area contributed by atoms with Crippen LogP contribution in [-0.4, -0.2) is 4.98 Å². The van der Waals surface area contributed by atoms with Crippen LogP contribution in [0.5, 0.6) is 0 Å².